The zero-order valence-electron chi connectivity index (χ0n) is 10.8. The highest BCUT2D eigenvalue weighted by atomic mass is 35.5. The molecule has 1 fully saturated rings. The Balaban J connectivity index is 2.32. The van der Waals surface area contributed by atoms with Gasteiger partial charge in [-0.2, -0.15) is 0 Å². The van der Waals surface area contributed by atoms with Gasteiger partial charge in [0.2, 0.25) is 0 Å². The Hall–Kier alpha value is -0.670. The van der Waals surface area contributed by atoms with E-state index in [1.54, 1.807) is 0 Å². The van der Waals surface area contributed by atoms with Crippen molar-refractivity contribution < 1.29 is 4.74 Å². The van der Waals surface area contributed by atoms with Crippen molar-refractivity contribution in [2.45, 2.75) is 58.2 Å². The second-order valence-corrected chi connectivity index (χ2v) is 6.08. The lowest BCUT2D eigenvalue weighted by atomic mass is 9.92. The molecular formula is C13H19ClN2O. The fraction of sp³-hybridized carbons (Fsp3) is 0.692. The first kappa shape index (κ1) is 12.8. The van der Waals surface area contributed by atoms with Gasteiger partial charge >= 0.3 is 0 Å². The van der Waals surface area contributed by atoms with E-state index in [1.807, 2.05) is 6.07 Å². The zero-order chi connectivity index (χ0) is 12.6. The van der Waals surface area contributed by atoms with Gasteiger partial charge in [0, 0.05) is 5.41 Å². The molecule has 1 saturated heterocycles. The molecule has 1 aromatic rings. The van der Waals surface area contributed by atoms with Crippen molar-refractivity contribution in [1.29, 1.82) is 0 Å². The number of ether oxygens (including phenoxy) is 1. The Labute approximate surface area is 108 Å². The van der Waals surface area contributed by atoms with Crippen LogP contribution in [-0.4, -0.2) is 16.1 Å². The number of hydrogen-bond donors (Lipinski definition) is 0. The highest BCUT2D eigenvalue weighted by Gasteiger charge is 2.27. The average molecular weight is 255 g/mol. The Kier molecular flexibility index (Phi) is 3.41. The van der Waals surface area contributed by atoms with Gasteiger partial charge in [-0.05, 0) is 25.8 Å². The topological polar surface area (TPSA) is 35.0 Å². The van der Waals surface area contributed by atoms with Gasteiger partial charge in [0.25, 0.3) is 0 Å². The minimum Gasteiger partial charge on any atom is -0.367 e. The molecule has 2 atom stereocenters. The Morgan fingerprint density at radius 2 is 2.00 bits per heavy atom. The van der Waals surface area contributed by atoms with E-state index >= 15 is 0 Å². The largest absolute Gasteiger partial charge is 0.367 e. The summed E-state index contributed by atoms with van der Waals surface area (Å²) in [6.45, 7) is 8.43. The minimum absolute atomic E-state index is 0.00444. The average Bonchev–Trinajstić information content (AvgIpc) is 2.62. The minimum atomic E-state index is -0.0223. The van der Waals surface area contributed by atoms with Gasteiger partial charge in [0.15, 0.2) is 5.82 Å². The van der Waals surface area contributed by atoms with E-state index in [1.165, 1.54) is 0 Å². The molecule has 4 heteroatoms. The van der Waals surface area contributed by atoms with Crippen LogP contribution in [0.2, 0.25) is 5.15 Å². The Morgan fingerprint density at radius 1 is 1.29 bits per heavy atom. The number of hydrogen-bond acceptors (Lipinski definition) is 3. The molecule has 0 amide bonds. The van der Waals surface area contributed by atoms with Crippen LogP contribution in [0.25, 0.3) is 0 Å². The van der Waals surface area contributed by atoms with Crippen molar-refractivity contribution in [3.8, 4) is 0 Å². The monoisotopic (exact) mass is 254 g/mol. The molecule has 0 N–H and O–H groups in total. The van der Waals surface area contributed by atoms with E-state index in [-0.39, 0.29) is 11.5 Å². The lowest BCUT2D eigenvalue weighted by Gasteiger charge is -2.19. The molecule has 3 nitrogen and oxygen atoms in total. The zero-order valence-corrected chi connectivity index (χ0v) is 11.6. The SMILES string of the molecule is CC1CCC(c2nc(Cl)cc(C(C)(C)C)n2)O1. The fourth-order valence-electron chi connectivity index (χ4n) is 1.96. The number of rotatable bonds is 1. The van der Waals surface area contributed by atoms with Crippen LogP contribution in [-0.2, 0) is 10.2 Å². The number of aromatic nitrogens is 2. The summed E-state index contributed by atoms with van der Waals surface area (Å²) in [5.74, 6) is 0.728. The van der Waals surface area contributed by atoms with E-state index in [2.05, 4.69) is 37.7 Å². The van der Waals surface area contributed by atoms with Gasteiger partial charge in [-0.25, -0.2) is 9.97 Å². The second kappa shape index (κ2) is 4.54. The fourth-order valence-corrected chi connectivity index (χ4v) is 2.15. The van der Waals surface area contributed by atoms with Crippen LogP contribution in [0, 0.1) is 0 Å². The second-order valence-electron chi connectivity index (χ2n) is 5.70. The summed E-state index contributed by atoms with van der Waals surface area (Å²) in [4.78, 5) is 8.89. The predicted octanol–water partition coefficient (Wildman–Crippen LogP) is 3.67. The maximum absolute atomic E-state index is 6.06. The van der Waals surface area contributed by atoms with Crippen LogP contribution in [0.5, 0.6) is 0 Å². The van der Waals surface area contributed by atoms with Gasteiger partial charge in [-0.15, -0.1) is 0 Å². The predicted molar refractivity (Wildman–Crippen MR) is 68.3 cm³/mol. The van der Waals surface area contributed by atoms with E-state index in [0.717, 1.165) is 24.4 Å². The smallest absolute Gasteiger partial charge is 0.159 e. The summed E-state index contributed by atoms with van der Waals surface area (Å²) in [5.41, 5.74) is 0.946. The molecule has 0 saturated carbocycles. The maximum Gasteiger partial charge on any atom is 0.159 e. The van der Waals surface area contributed by atoms with E-state index in [9.17, 15) is 0 Å². The van der Waals surface area contributed by atoms with Crippen LogP contribution < -0.4 is 0 Å². The maximum atomic E-state index is 6.06. The van der Waals surface area contributed by atoms with Gasteiger partial charge in [-0.1, -0.05) is 32.4 Å². The third kappa shape index (κ3) is 2.96. The van der Waals surface area contributed by atoms with Gasteiger partial charge in [0.1, 0.15) is 11.3 Å². The summed E-state index contributed by atoms with van der Waals surface area (Å²) in [7, 11) is 0. The summed E-state index contributed by atoms with van der Waals surface area (Å²) < 4.78 is 5.79. The number of nitrogens with zero attached hydrogens (tertiary/aromatic N) is 2. The summed E-state index contributed by atoms with van der Waals surface area (Å²) in [5, 5.41) is 0.503. The van der Waals surface area contributed by atoms with Gasteiger partial charge < -0.3 is 4.74 Å². The molecule has 0 radical (unpaired) electrons. The molecule has 1 aliphatic heterocycles. The first-order chi connectivity index (χ1) is 7.86. The van der Waals surface area contributed by atoms with E-state index in [0.29, 0.717) is 11.3 Å². The summed E-state index contributed by atoms with van der Waals surface area (Å²) >= 11 is 6.06. The lowest BCUT2D eigenvalue weighted by Crippen LogP contribution is -2.17. The number of halogens is 1. The Bertz CT molecular complexity index is 414. The summed E-state index contributed by atoms with van der Waals surface area (Å²) in [6, 6.07) is 1.84. The summed E-state index contributed by atoms with van der Waals surface area (Å²) in [6.07, 6.45) is 2.33. The molecule has 0 aromatic carbocycles. The highest BCUT2D eigenvalue weighted by molar-refractivity contribution is 6.29. The van der Waals surface area contributed by atoms with Crippen LogP contribution in [0.3, 0.4) is 0 Å². The van der Waals surface area contributed by atoms with Crippen LogP contribution >= 0.6 is 11.6 Å². The van der Waals surface area contributed by atoms with E-state index in [4.69, 9.17) is 16.3 Å². The van der Waals surface area contributed by atoms with Crippen molar-refractivity contribution in [3.63, 3.8) is 0 Å². The van der Waals surface area contributed by atoms with Crippen molar-refractivity contribution >= 4 is 11.6 Å². The third-order valence-electron chi connectivity index (χ3n) is 3.00. The molecule has 0 aliphatic carbocycles. The molecule has 94 valence electrons. The standard InChI is InChI=1S/C13H19ClN2O/c1-8-5-6-9(17-8)12-15-10(13(2,3)4)7-11(14)16-12/h7-9H,5-6H2,1-4H3. The third-order valence-corrected chi connectivity index (χ3v) is 3.19. The van der Waals surface area contributed by atoms with E-state index < -0.39 is 0 Å². The molecule has 2 rings (SSSR count). The van der Waals surface area contributed by atoms with Crippen molar-refractivity contribution in [1.82, 2.24) is 9.97 Å². The highest BCUT2D eigenvalue weighted by Crippen LogP contribution is 2.32. The lowest BCUT2D eigenvalue weighted by molar-refractivity contribution is 0.0500. The van der Waals surface area contributed by atoms with Crippen molar-refractivity contribution in [2.75, 3.05) is 0 Å². The molecular weight excluding hydrogens is 236 g/mol. The molecule has 1 aliphatic rings. The molecule has 17 heavy (non-hydrogen) atoms. The van der Waals surface area contributed by atoms with Crippen LogP contribution in [0.15, 0.2) is 6.07 Å². The molecule has 0 bridgehead atoms. The van der Waals surface area contributed by atoms with Gasteiger partial charge in [0.05, 0.1) is 11.8 Å². The Morgan fingerprint density at radius 3 is 2.53 bits per heavy atom. The quantitative estimate of drug-likeness (QED) is 0.718. The molecule has 0 spiro atoms. The first-order valence-electron chi connectivity index (χ1n) is 6.06. The molecule has 2 heterocycles. The van der Waals surface area contributed by atoms with Crippen molar-refractivity contribution in [3.05, 3.63) is 22.7 Å². The van der Waals surface area contributed by atoms with Crippen LogP contribution in [0.4, 0.5) is 0 Å². The molecule has 1 aromatic heterocycles. The normalized spacial score (nSPS) is 25.2. The van der Waals surface area contributed by atoms with Gasteiger partial charge in [-0.3, -0.25) is 0 Å². The van der Waals surface area contributed by atoms with Crippen LogP contribution in [0.1, 0.15) is 58.2 Å². The first-order valence-corrected chi connectivity index (χ1v) is 6.44. The molecule has 2 unspecified atom stereocenters. The van der Waals surface area contributed by atoms with Crippen molar-refractivity contribution in [2.24, 2.45) is 0 Å².